The molecule has 34 heavy (non-hydrogen) atoms. The summed E-state index contributed by atoms with van der Waals surface area (Å²) >= 11 is 0. The lowest BCUT2D eigenvalue weighted by Crippen LogP contribution is -2.51. The molecule has 0 bridgehead atoms. The van der Waals surface area contributed by atoms with Crippen molar-refractivity contribution in [2.24, 2.45) is 0 Å². The zero-order valence-electron chi connectivity index (χ0n) is 19.1. The number of rotatable bonds is 8. The van der Waals surface area contributed by atoms with Crippen LogP contribution in [0.2, 0.25) is 0 Å². The number of ether oxygens (including phenoxy) is 2. The van der Waals surface area contributed by atoms with E-state index in [1.807, 2.05) is 36.2 Å². The van der Waals surface area contributed by atoms with Gasteiger partial charge in [0.15, 0.2) is 0 Å². The largest absolute Gasteiger partial charge is 0.497 e. The molecule has 2 aromatic carbocycles. The predicted octanol–water partition coefficient (Wildman–Crippen LogP) is 3.04. The molecule has 1 amide bonds. The Bertz CT molecular complexity index is 1100. The minimum absolute atomic E-state index is 0.256. The second-order valence-corrected chi connectivity index (χ2v) is 8.41. The summed E-state index contributed by atoms with van der Waals surface area (Å²) in [6.07, 6.45) is 1.96. The fourth-order valence-corrected chi connectivity index (χ4v) is 4.41. The second-order valence-electron chi connectivity index (χ2n) is 8.41. The number of aliphatic hydroxyl groups is 1. The van der Waals surface area contributed by atoms with Crippen LogP contribution in [-0.2, 0) is 6.54 Å². The molecule has 0 saturated heterocycles. The zero-order chi connectivity index (χ0) is 24.1. The molecule has 1 saturated carbocycles. The molecule has 1 aliphatic carbocycles. The minimum Gasteiger partial charge on any atom is -0.497 e. The molecule has 7 nitrogen and oxygen atoms in total. The summed E-state index contributed by atoms with van der Waals surface area (Å²) in [5.74, 6) is 0.426. The number of nitrogens with zero attached hydrogens (tertiary/aromatic N) is 2. The summed E-state index contributed by atoms with van der Waals surface area (Å²) in [6.45, 7) is 0.542. The van der Waals surface area contributed by atoms with Crippen molar-refractivity contribution < 1.29 is 23.8 Å². The van der Waals surface area contributed by atoms with Gasteiger partial charge in [-0.15, -0.1) is 0 Å². The van der Waals surface area contributed by atoms with E-state index in [-0.39, 0.29) is 5.91 Å². The summed E-state index contributed by atoms with van der Waals surface area (Å²) in [5, 5.41) is 14.3. The van der Waals surface area contributed by atoms with Crippen molar-refractivity contribution in [3.63, 3.8) is 0 Å². The molecule has 0 spiro atoms. The number of nitrogens with one attached hydrogen (secondary N) is 1. The van der Waals surface area contributed by atoms with E-state index >= 15 is 0 Å². The molecule has 4 rings (SSSR count). The van der Waals surface area contributed by atoms with Crippen LogP contribution in [0.1, 0.15) is 22.3 Å². The number of pyridine rings is 1. The van der Waals surface area contributed by atoms with Crippen LogP contribution in [0.25, 0.3) is 0 Å². The molecule has 178 valence electrons. The normalized spacial score (nSPS) is 21.9. The molecule has 1 aliphatic rings. The van der Waals surface area contributed by atoms with Crippen LogP contribution in [0.3, 0.4) is 0 Å². The van der Waals surface area contributed by atoms with E-state index in [4.69, 9.17) is 9.47 Å². The first-order valence-electron chi connectivity index (χ1n) is 11.1. The topological polar surface area (TPSA) is 83.9 Å². The van der Waals surface area contributed by atoms with Crippen molar-refractivity contribution in [1.82, 2.24) is 15.2 Å². The number of aliphatic hydroxyl groups excluding tert-OH is 1. The van der Waals surface area contributed by atoms with Gasteiger partial charge < -0.3 is 19.9 Å². The number of carbonyl (C=O) groups is 1. The van der Waals surface area contributed by atoms with Gasteiger partial charge in [0.2, 0.25) is 0 Å². The lowest BCUT2D eigenvalue weighted by Gasteiger charge is -2.32. The fraction of sp³-hybridized carbons (Fsp3) is 0.308. The van der Waals surface area contributed by atoms with Crippen molar-refractivity contribution in [2.75, 3.05) is 14.2 Å². The third-order valence-electron chi connectivity index (χ3n) is 6.07. The number of likely N-dealkylation sites (N-methyl/N-ethyl adjacent to an activating group) is 1. The highest BCUT2D eigenvalue weighted by Gasteiger charge is 2.46. The summed E-state index contributed by atoms with van der Waals surface area (Å²) in [5.41, 5.74) is 1.51. The number of hydrogen-bond acceptors (Lipinski definition) is 6. The molecule has 0 aliphatic heterocycles. The summed E-state index contributed by atoms with van der Waals surface area (Å²) < 4.78 is 24.8. The van der Waals surface area contributed by atoms with E-state index in [1.165, 1.54) is 12.1 Å². The molecule has 0 radical (unpaired) electrons. The van der Waals surface area contributed by atoms with Crippen LogP contribution >= 0.6 is 0 Å². The van der Waals surface area contributed by atoms with Crippen LogP contribution in [0.15, 0.2) is 73.1 Å². The Morgan fingerprint density at radius 2 is 1.88 bits per heavy atom. The van der Waals surface area contributed by atoms with Gasteiger partial charge in [0, 0.05) is 37.0 Å². The highest BCUT2D eigenvalue weighted by Crippen LogP contribution is 2.30. The fourth-order valence-electron chi connectivity index (χ4n) is 4.41. The SMILES string of the molecule is COc1ccc(CN(C)[C@@H]2[C@@H](O)[C@H](Oc3cccc(F)c3)C[C@H]2NC(=O)c2ccncc2)cc1. The van der Waals surface area contributed by atoms with Crippen molar-refractivity contribution in [2.45, 2.75) is 37.3 Å². The van der Waals surface area contributed by atoms with E-state index < -0.39 is 30.1 Å². The first-order valence-corrected chi connectivity index (χ1v) is 11.1. The first-order chi connectivity index (χ1) is 16.4. The molecular weight excluding hydrogens is 437 g/mol. The number of amides is 1. The van der Waals surface area contributed by atoms with Gasteiger partial charge in [0.05, 0.1) is 19.2 Å². The van der Waals surface area contributed by atoms with Gasteiger partial charge in [-0.3, -0.25) is 14.7 Å². The highest BCUT2D eigenvalue weighted by atomic mass is 19.1. The van der Waals surface area contributed by atoms with Gasteiger partial charge in [0.25, 0.3) is 5.91 Å². The monoisotopic (exact) mass is 465 g/mol. The van der Waals surface area contributed by atoms with Crippen molar-refractivity contribution in [3.05, 3.63) is 90.0 Å². The van der Waals surface area contributed by atoms with E-state index in [9.17, 15) is 14.3 Å². The van der Waals surface area contributed by atoms with E-state index in [0.717, 1.165) is 11.3 Å². The lowest BCUT2D eigenvalue weighted by atomic mass is 10.1. The highest BCUT2D eigenvalue weighted by molar-refractivity contribution is 5.94. The number of aromatic nitrogens is 1. The molecule has 3 aromatic rings. The average molecular weight is 466 g/mol. The van der Waals surface area contributed by atoms with Crippen molar-refractivity contribution in [3.8, 4) is 11.5 Å². The smallest absolute Gasteiger partial charge is 0.251 e. The third-order valence-corrected chi connectivity index (χ3v) is 6.07. The number of halogens is 1. The standard InChI is InChI=1S/C26H28FN3O4/c1-30(16-17-6-8-20(33-2)9-7-17)24-22(29-26(32)18-10-12-28-13-11-18)15-23(25(24)31)34-21-5-3-4-19(27)14-21/h3-14,22-25,31H,15-16H2,1-2H3,(H,29,32)/t22-,23-,24+,25+/m1/s1. The number of carbonyl (C=O) groups excluding carboxylic acids is 1. The first kappa shape index (κ1) is 23.7. The van der Waals surface area contributed by atoms with E-state index in [2.05, 4.69) is 10.3 Å². The van der Waals surface area contributed by atoms with Gasteiger partial charge in [-0.05, 0) is 49.0 Å². The Hall–Kier alpha value is -3.49. The number of methoxy groups -OCH3 is 1. The maximum atomic E-state index is 13.7. The van der Waals surface area contributed by atoms with Gasteiger partial charge in [-0.1, -0.05) is 18.2 Å². The maximum Gasteiger partial charge on any atom is 0.251 e. The van der Waals surface area contributed by atoms with Crippen LogP contribution in [-0.4, -0.2) is 59.3 Å². The quantitative estimate of drug-likeness (QED) is 0.532. The molecule has 4 atom stereocenters. The van der Waals surface area contributed by atoms with Crippen molar-refractivity contribution >= 4 is 5.91 Å². The third kappa shape index (κ3) is 5.52. The van der Waals surface area contributed by atoms with Crippen LogP contribution < -0.4 is 14.8 Å². The molecule has 1 aromatic heterocycles. The van der Waals surface area contributed by atoms with Crippen LogP contribution in [0, 0.1) is 5.82 Å². The maximum absolute atomic E-state index is 13.7. The predicted molar refractivity (Wildman–Crippen MR) is 125 cm³/mol. The van der Waals surface area contributed by atoms with Gasteiger partial charge in [-0.25, -0.2) is 4.39 Å². The van der Waals surface area contributed by atoms with Gasteiger partial charge in [0.1, 0.15) is 29.5 Å². The molecule has 1 fully saturated rings. The Morgan fingerprint density at radius 3 is 2.56 bits per heavy atom. The summed E-state index contributed by atoms with van der Waals surface area (Å²) in [4.78, 5) is 18.8. The minimum atomic E-state index is -0.908. The van der Waals surface area contributed by atoms with Crippen LogP contribution in [0.4, 0.5) is 4.39 Å². The van der Waals surface area contributed by atoms with E-state index in [1.54, 1.807) is 43.8 Å². The number of benzene rings is 2. The number of hydrogen-bond donors (Lipinski definition) is 2. The van der Waals surface area contributed by atoms with Gasteiger partial charge >= 0.3 is 0 Å². The molecule has 2 N–H and O–H groups in total. The molecule has 0 unspecified atom stereocenters. The van der Waals surface area contributed by atoms with Gasteiger partial charge in [-0.2, -0.15) is 0 Å². The van der Waals surface area contributed by atoms with Crippen molar-refractivity contribution in [1.29, 1.82) is 0 Å². The average Bonchev–Trinajstić information content (AvgIpc) is 3.14. The Morgan fingerprint density at radius 1 is 1.15 bits per heavy atom. The second kappa shape index (κ2) is 10.6. The molecular formula is C26H28FN3O4. The zero-order valence-corrected chi connectivity index (χ0v) is 19.1. The summed E-state index contributed by atoms with van der Waals surface area (Å²) in [7, 11) is 3.51. The lowest BCUT2D eigenvalue weighted by molar-refractivity contribution is 0.0124. The molecule has 8 heteroatoms. The van der Waals surface area contributed by atoms with E-state index in [0.29, 0.717) is 24.3 Å². The van der Waals surface area contributed by atoms with Crippen LogP contribution in [0.5, 0.6) is 11.5 Å². The Labute approximate surface area is 198 Å². The Balaban J connectivity index is 1.54. The summed E-state index contributed by atoms with van der Waals surface area (Å²) in [6, 6.07) is 16.0. The Kier molecular flexibility index (Phi) is 7.40. The molecule has 1 heterocycles.